The number of aryl methyl sites for hydroxylation is 3. The van der Waals surface area contributed by atoms with Crippen molar-refractivity contribution in [2.45, 2.75) is 70.6 Å². The Morgan fingerprint density at radius 3 is 2.60 bits per heavy atom. The molecule has 5 aromatic rings. The molecule has 2 amide bonds. The average molecular weight is 729 g/mol. The molecule has 15 heteroatoms. The van der Waals surface area contributed by atoms with Crippen molar-refractivity contribution in [2.24, 2.45) is 20.0 Å². The minimum Gasteiger partial charge on any atom is -0.390 e. The number of carbonyl (C=O) groups is 2. The number of amides is 2. The van der Waals surface area contributed by atoms with Crippen LogP contribution in [0.3, 0.4) is 0 Å². The second-order valence-electron chi connectivity index (χ2n) is 14.9. The van der Waals surface area contributed by atoms with Crippen molar-refractivity contribution in [2.75, 3.05) is 35.3 Å². The number of fused-ring (bicyclic) bond motifs is 2. The summed E-state index contributed by atoms with van der Waals surface area (Å²) < 4.78 is 5.11. The Hall–Kier alpha value is -4.95. The van der Waals surface area contributed by atoms with Gasteiger partial charge in [-0.05, 0) is 75.4 Å². The summed E-state index contributed by atoms with van der Waals surface area (Å²) >= 11 is 6.60. The fraction of sp³-hybridized carbons (Fsp3) is 0.459. The van der Waals surface area contributed by atoms with Crippen LogP contribution in [0.25, 0.3) is 21.9 Å². The molecule has 0 saturated carbocycles. The van der Waals surface area contributed by atoms with E-state index in [2.05, 4.69) is 44.5 Å². The quantitative estimate of drug-likeness (QED) is 0.186. The summed E-state index contributed by atoms with van der Waals surface area (Å²) in [6.07, 6.45) is 3.69. The number of piperidine rings is 2. The molecule has 5 heterocycles. The van der Waals surface area contributed by atoms with Gasteiger partial charge in [0.15, 0.2) is 5.82 Å². The van der Waals surface area contributed by atoms with Gasteiger partial charge in [0.25, 0.3) is 0 Å². The fourth-order valence-electron chi connectivity index (χ4n) is 7.62. The Labute approximate surface area is 306 Å². The van der Waals surface area contributed by atoms with Crippen molar-refractivity contribution in [1.82, 2.24) is 34.2 Å². The number of imide groups is 1. The summed E-state index contributed by atoms with van der Waals surface area (Å²) in [5.74, 6) is 0.333. The van der Waals surface area contributed by atoms with Crippen LogP contribution < -0.4 is 26.1 Å². The van der Waals surface area contributed by atoms with Gasteiger partial charge >= 0.3 is 5.69 Å². The lowest BCUT2D eigenvalue weighted by atomic mass is 9.91. The number of imidazole rings is 1. The monoisotopic (exact) mass is 728 g/mol. The number of aromatic nitrogens is 6. The van der Waals surface area contributed by atoms with Crippen LogP contribution >= 0.6 is 11.6 Å². The molecule has 14 nitrogen and oxygen atoms in total. The first-order valence-corrected chi connectivity index (χ1v) is 18.1. The maximum atomic E-state index is 13.0. The molecule has 2 fully saturated rings. The number of benzene rings is 2. The first-order valence-electron chi connectivity index (χ1n) is 17.7. The van der Waals surface area contributed by atoms with Crippen LogP contribution in [0.1, 0.15) is 58.1 Å². The van der Waals surface area contributed by atoms with E-state index in [1.54, 1.807) is 36.2 Å². The Morgan fingerprint density at radius 1 is 1.08 bits per heavy atom. The molecule has 52 heavy (non-hydrogen) atoms. The molecule has 3 N–H and O–H groups in total. The van der Waals surface area contributed by atoms with Crippen molar-refractivity contribution < 1.29 is 14.7 Å². The van der Waals surface area contributed by atoms with Crippen molar-refractivity contribution in [3.8, 4) is 0 Å². The normalized spacial score (nSPS) is 19.8. The van der Waals surface area contributed by atoms with E-state index in [-0.39, 0.29) is 29.5 Å². The Kier molecular flexibility index (Phi) is 9.24. The predicted molar refractivity (Wildman–Crippen MR) is 202 cm³/mol. The van der Waals surface area contributed by atoms with Crippen LogP contribution in [0.5, 0.6) is 0 Å². The van der Waals surface area contributed by atoms with Gasteiger partial charge in [-0.25, -0.2) is 9.78 Å². The van der Waals surface area contributed by atoms with E-state index >= 15 is 0 Å². The van der Waals surface area contributed by atoms with Crippen molar-refractivity contribution >= 4 is 68.5 Å². The van der Waals surface area contributed by atoms with Crippen LogP contribution in [-0.4, -0.2) is 77.6 Å². The first kappa shape index (κ1) is 35.5. The molecule has 2 aromatic carbocycles. The lowest BCUT2D eigenvalue weighted by Crippen LogP contribution is -2.49. The number of rotatable bonds is 9. The first-order chi connectivity index (χ1) is 24.7. The molecule has 3 atom stereocenters. The highest BCUT2D eigenvalue weighted by molar-refractivity contribution is 6.33. The van der Waals surface area contributed by atoms with Gasteiger partial charge in [0.2, 0.25) is 17.8 Å². The lowest BCUT2D eigenvalue weighted by Gasteiger charge is -2.42. The highest BCUT2D eigenvalue weighted by Gasteiger charge is 2.33. The number of nitrogens with zero attached hydrogens (tertiary/aromatic N) is 8. The van der Waals surface area contributed by atoms with Gasteiger partial charge in [0, 0.05) is 70.0 Å². The van der Waals surface area contributed by atoms with Crippen LogP contribution in [-0.2, 0) is 30.2 Å². The molecule has 0 spiro atoms. The molecular weight excluding hydrogens is 684 g/mol. The summed E-state index contributed by atoms with van der Waals surface area (Å²) in [4.78, 5) is 51.2. The van der Waals surface area contributed by atoms with Crippen molar-refractivity contribution in [3.05, 3.63) is 63.8 Å². The van der Waals surface area contributed by atoms with Gasteiger partial charge in [-0.1, -0.05) is 18.5 Å². The number of hydrogen-bond donors (Lipinski definition) is 3. The zero-order valence-electron chi connectivity index (χ0n) is 30.4. The highest BCUT2D eigenvalue weighted by atomic mass is 35.5. The van der Waals surface area contributed by atoms with E-state index in [0.717, 1.165) is 52.8 Å². The van der Waals surface area contributed by atoms with E-state index in [1.165, 1.54) is 0 Å². The van der Waals surface area contributed by atoms with Crippen LogP contribution in [0, 0.1) is 5.92 Å². The van der Waals surface area contributed by atoms with Crippen molar-refractivity contribution in [1.29, 1.82) is 0 Å². The lowest BCUT2D eigenvalue weighted by molar-refractivity contribution is -0.134. The highest BCUT2D eigenvalue weighted by Crippen LogP contribution is 2.35. The molecule has 2 saturated heterocycles. The molecule has 3 aromatic heterocycles. The van der Waals surface area contributed by atoms with Crippen LogP contribution in [0.2, 0.25) is 5.02 Å². The van der Waals surface area contributed by atoms with Gasteiger partial charge in [0.1, 0.15) is 5.02 Å². The van der Waals surface area contributed by atoms with E-state index in [1.807, 2.05) is 43.0 Å². The third-order valence-corrected chi connectivity index (χ3v) is 10.8. The van der Waals surface area contributed by atoms with E-state index in [0.29, 0.717) is 48.3 Å². The van der Waals surface area contributed by atoms with Gasteiger partial charge in [-0.2, -0.15) is 10.1 Å². The second-order valence-corrected chi connectivity index (χ2v) is 15.3. The van der Waals surface area contributed by atoms with Gasteiger partial charge in [0.05, 0.1) is 40.0 Å². The minimum absolute atomic E-state index is 0.142. The SMILES string of the molecule is C[C@@H]1CN(c2ccc3c(C4CCC(=O)NC4=O)nn(C)c3c2)CC[C@H]1N(C)c1ncc(Cl)c(Nc2ccc3c(c2)n(CCC(C)(C)O)c(=O)n3C)n1. The molecule has 2 aliphatic rings. The Morgan fingerprint density at radius 2 is 1.87 bits per heavy atom. The molecule has 0 bridgehead atoms. The van der Waals surface area contributed by atoms with Gasteiger partial charge in [-0.15, -0.1) is 0 Å². The van der Waals surface area contributed by atoms with E-state index in [9.17, 15) is 19.5 Å². The summed E-state index contributed by atoms with van der Waals surface area (Å²) in [5, 5.41) is 22.1. The number of aliphatic hydroxyl groups is 1. The number of hydrogen-bond acceptors (Lipinski definition) is 10. The largest absolute Gasteiger partial charge is 0.390 e. The standard InChI is InChI=1S/C37H45ClN10O4/c1-21-20-47(23-8-9-24-29(18-23)46(6)43-32(24)25-10-12-31(49)41-34(25)50)15-13-27(21)44(4)35-39-19-26(38)33(42-35)40-22-7-11-28-30(17-22)48(36(51)45(28)5)16-14-37(2,3)52/h7-9,11,17-19,21,25,27,52H,10,12-16,20H2,1-6H3,(H,39,40,42)(H,41,49,50)/t21-,25?,27-/m1/s1. The topological polar surface area (TPSA) is 155 Å². The van der Waals surface area contributed by atoms with Crippen LogP contribution in [0.4, 0.5) is 23.1 Å². The summed E-state index contributed by atoms with van der Waals surface area (Å²) in [6.45, 7) is 7.73. The number of halogens is 1. The number of anilines is 4. The molecule has 7 rings (SSSR count). The smallest absolute Gasteiger partial charge is 0.328 e. The third-order valence-electron chi connectivity index (χ3n) is 10.6. The number of carbonyl (C=O) groups excluding carboxylic acids is 2. The summed E-state index contributed by atoms with van der Waals surface area (Å²) in [6, 6.07) is 12.1. The maximum Gasteiger partial charge on any atom is 0.328 e. The third kappa shape index (κ3) is 6.72. The number of nitrogens with one attached hydrogen (secondary N) is 2. The second kappa shape index (κ2) is 13.6. The van der Waals surface area contributed by atoms with Gasteiger partial charge in [-0.3, -0.25) is 28.7 Å². The molecule has 1 unspecified atom stereocenters. The van der Waals surface area contributed by atoms with Crippen LogP contribution in [0.15, 0.2) is 47.4 Å². The summed E-state index contributed by atoms with van der Waals surface area (Å²) in [5.41, 5.74) is 3.97. The maximum absolute atomic E-state index is 13.0. The molecular formula is C37H45ClN10O4. The predicted octanol–water partition coefficient (Wildman–Crippen LogP) is 4.45. The van der Waals surface area contributed by atoms with Gasteiger partial charge < -0.3 is 20.2 Å². The molecule has 2 aliphatic heterocycles. The molecule has 0 radical (unpaired) electrons. The zero-order chi connectivity index (χ0) is 37.1. The van der Waals surface area contributed by atoms with E-state index < -0.39 is 11.5 Å². The Bertz CT molecular complexity index is 2250. The Balaban J connectivity index is 1.06. The van der Waals surface area contributed by atoms with Crippen molar-refractivity contribution in [3.63, 3.8) is 0 Å². The fourth-order valence-corrected chi connectivity index (χ4v) is 7.75. The van der Waals surface area contributed by atoms with E-state index in [4.69, 9.17) is 21.7 Å². The molecule has 0 aliphatic carbocycles. The zero-order valence-corrected chi connectivity index (χ0v) is 31.1. The minimum atomic E-state index is -0.901. The average Bonchev–Trinajstić information content (AvgIpc) is 3.55. The molecule has 274 valence electrons. The summed E-state index contributed by atoms with van der Waals surface area (Å²) in [7, 11) is 5.64.